The molecule has 1 unspecified atom stereocenters. The molecule has 2 rings (SSSR count). The fraction of sp³-hybridized carbons (Fsp3) is 0.500. The Labute approximate surface area is 118 Å². The first-order chi connectivity index (χ1) is 8.72. The molecule has 0 heterocycles. The summed E-state index contributed by atoms with van der Waals surface area (Å²) in [7, 11) is 0. The maximum Gasteiger partial charge on any atom is 0.123 e. The minimum Gasteiger partial charge on any atom is -0.295 e. The summed E-state index contributed by atoms with van der Waals surface area (Å²) in [5, 5.41) is 13.7. The van der Waals surface area contributed by atoms with Gasteiger partial charge in [0.05, 0.1) is 16.1 Å². The molecule has 0 aliphatic heterocycles. The van der Waals surface area contributed by atoms with Crippen molar-refractivity contribution in [2.75, 3.05) is 0 Å². The van der Waals surface area contributed by atoms with E-state index in [1.54, 1.807) is 6.07 Å². The zero-order valence-electron chi connectivity index (χ0n) is 10.1. The van der Waals surface area contributed by atoms with Gasteiger partial charge in [-0.05, 0) is 18.9 Å². The Morgan fingerprint density at radius 1 is 1.22 bits per heavy atom. The van der Waals surface area contributed by atoms with Crippen LogP contribution in [0.15, 0.2) is 18.2 Å². The van der Waals surface area contributed by atoms with E-state index in [1.165, 1.54) is 19.3 Å². The number of hydrogen-bond acceptors (Lipinski definition) is 2. The monoisotopic (exact) mass is 282 g/mol. The highest BCUT2D eigenvalue weighted by Crippen LogP contribution is 2.30. The summed E-state index contributed by atoms with van der Waals surface area (Å²) < 4.78 is 0. The van der Waals surface area contributed by atoms with E-state index in [-0.39, 0.29) is 6.04 Å². The first kappa shape index (κ1) is 13.7. The standard InChI is InChI=1S/C14H16Cl2N2/c15-12-8-4-7-11(14(12)16)13(9-17)18-10-5-2-1-3-6-10/h4,7-8,10,13,18H,1-3,5-6H2. The summed E-state index contributed by atoms with van der Waals surface area (Å²) in [5.74, 6) is 0. The molecule has 18 heavy (non-hydrogen) atoms. The lowest BCUT2D eigenvalue weighted by Gasteiger charge is -2.26. The van der Waals surface area contributed by atoms with Crippen LogP contribution in [0.1, 0.15) is 43.7 Å². The summed E-state index contributed by atoms with van der Waals surface area (Å²) in [4.78, 5) is 0. The predicted molar refractivity (Wildman–Crippen MR) is 74.8 cm³/mol. The molecule has 0 aromatic heterocycles. The van der Waals surface area contributed by atoms with Crippen LogP contribution < -0.4 is 5.32 Å². The Hall–Kier alpha value is -0.750. The van der Waals surface area contributed by atoms with Gasteiger partial charge < -0.3 is 0 Å². The zero-order chi connectivity index (χ0) is 13.0. The van der Waals surface area contributed by atoms with Gasteiger partial charge in [0.1, 0.15) is 6.04 Å². The lowest BCUT2D eigenvalue weighted by molar-refractivity contribution is 0.360. The van der Waals surface area contributed by atoms with E-state index in [1.807, 2.05) is 12.1 Å². The van der Waals surface area contributed by atoms with Crippen molar-refractivity contribution in [3.8, 4) is 6.07 Å². The highest BCUT2D eigenvalue weighted by Gasteiger charge is 2.21. The summed E-state index contributed by atoms with van der Waals surface area (Å²) in [6, 6.07) is 7.75. The molecule has 0 saturated heterocycles. The quantitative estimate of drug-likeness (QED) is 0.887. The summed E-state index contributed by atoms with van der Waals surface area (Å²) >= 11 is 12.1. The van der Waals surface area contributed by atoms with Gasteiger partial charge in [-0.25, -0.2) is 0 Å². The van der Waals surface area contributed by atoms with Gasteiger partial charge in [-0.15, -0.1) is 0 Å². The number of nitriles is 1. The molecule has 2 nitrogen and oxygen atoms in total. The molecule has 1 aromatic carbocycles. The van der Waals surface area contributed by atoms with Gasteiger partial charge in [0.2, 0.25) is 0 Å². The maximum absolute atomic E-state index is 9.31. The molecule has 1 aromatic rings. The topological polar surface area (TPSA) is 35.8 Å². The second kappa shape index (κ2) is 6.43. The molecule has 1 saturated carbocycles. The van der Waals surface area contributed by atoms with Crippen LogP contribution in [0.25, 0.3) is 0 Å². The molecule has 96 valence electrons. The lowest BCUT2D eigenvalue weighted by atomic mass is 9.94. The zero-order valence-corrected chi connectivity index (χ0v) is 11.6. The van der Waals surface area contributed by atoms with E-state index >= 15 is 0 Å². The lowest BCUT2D eigenvalue weighted by Crippen LogP contribution is -2.34. The highest BCUT2D eigenvalue weighted by molar-refractivity contribution is 6.42. The number of halogens is 2. The Bertz CT molecular complexity index is 448. The third kappa shape index (κ3) is 3.17. The fourth-order valence-electron chi connectivity index (χ4n) is 2.44. The number of hydrogen-bond donors (Lipinski definition) is 1. The Morgan fingerprint density at radius 2 is 1.94 bits per heavy atom. The first-order valence-corrected chi connectivity index (χ1v) is 7.07. The number of benzene rings is 1. The maximum atomic E-state index is 9.31. The molecule has 0 radical (unpaired) electrons. The van der Waals surface area contributed by atoms with Crippen LogP contribution in [0.4, 0.5) is 0 Å². The minimum absolute atomic E-state index is 0.376. The molecule has 1 aliphatic rings. The van der Waals surface area contributed by atoms with Gasteiger partial charge in [-0.2, -0.15) is 5.26 Å². The summed E-state index contributed by atoms with van der Waals surface area (Å²) in [5.41, 5.74) is 0.775. The van der Waals surface area contributed by atoms with Crippen molar-refractivity contribution >= 4 is 23.2 Å². The second-order valence-corrected chi connectivity index (χ2v) is 5.49. The third-order valence-corrected chi connectivity index (χ3v) is 4.26. The Balaban J connectivity index is 2.13. The smallest absolute Gasteiger partial charge is 0.123 e. The van der Waals surface area contributed by atoms with Crippen LogP contribution in [0.2, 0.25) is 10.0 Å². The van der Waals surface area contributed by atoms with Gasteiger partial charge >= 0.3 is 0 Å². The predicted octanol–water partition coefficient (Wildman–Crippen LogP) is 4.48. The van der Waals surface area contributed by atoms with E-state index in [2.05, 4.69) is 11.4 Å². The fourth-order valence-corrected chi connectivity index (χ4v) is 2.86. The van der Waals surface area contributed by atoms with Crippen LogP contribution in [0.3, 0.4) is 0 Å². The molecule has 0 spiro atoms. The van der Waals surface area contributed by atoms with E-state index in [0.717, 1.165) is 18.4 Å². The second-order valence-electron chi connectivity index (χ2n) is 4.71. The average Bonchev–Trinajstić information content (AvgIpc) is 2.41. The van der Waals surface area contributed by atoms with Gasteiger partial charge in [0.15, 0.2) is 0 Å². The van der Waals surface area contributed by atoms with E-state index < -0.39 is 0 Å². The van der Waals surface area contributed by atoms with E-state index in [9.17, 15) is 5.26 Å². The number of nitrogens with one attached hydrogen (secondary N) is 1. The molecular weight excluding hydrogens is 267 g/mol. The van der Waals surface area contributed by atoms with Crippen LogP contribution >= 0.6 is 23.2 Å². The minimum atomic E-state index is -0.376. The molecule has 1 N–H and O–H groups in total. The van der Waals surface area contributed by atoms with Crippen molar-refractivity contribution in [2.24, 2.45) is 0 Å². The van der Waals surface area contributed by atoms with Crippen molar-refractivity contribution in [2.45, 2.75) is 44.2 Å². The largest absolute Gasteiger partial charge is 0.295 e. The molecule has 1 atom stereocenters. The van der Waals surface area contributed by atoms with Crippen molar-refractivity contribution in [1.29, 1.82) is 5.26 Å². The molecular formula is C14H16Cl2N2. The summed E-state index contributed by atoms with van der Waals surface area (Å²) in [6.07, 6.45) is 6.04. The first-order valence-electron chi connectivity index (χ1n) is 6.32. The molecule has 1 aliphatic carbocycles. The van der Waals surface area contributed by atoms with Crippen molar-refractivity contribution in [3.05, 3.63) is 33.8 Å². The van der Waals surface area contributed by atoms with Crippen molar-refractivity contribution in [1.82, 2.24) is 5.32 Å². The van der Waals surface area contributed by atoms with Crippen LogP contribution in [0, 0.1) is 11.3 Å². The highest BCUT2D eigenvalue weighted by atomic mass is 35.5. The van der Waals surface area contributed by atoms with E-state index in [4.69, 9.17) is 23.2 Å². The Morgan fingerprint density at radius 3 is 2.61 bits per heavy atom. The van der Waals surface area contributed by atoms with Crippen LogP contribution in [0.5, 0.6) is 0 Å². The average molecular weight is 283 g/mol. The number of rotatable bonds is 3. The van der Waals surface area contributed by atoms with Crippen molar-refractivity contribution in [3.63, 3.8) is 0 Å². The summed E-state index contributed by atoms with van der Waals surface area (Å²) in [6.45, 7) is 0. The van der Waals surface area contributed by atoms with Gasteiger partial charge in [-0.3, -0.25) is 5.32 Å². The molecule has 4 heteroatoms. The van der Waals surface area contributed by atoms with Gasteiger partial charge in [-0.1, -0.05) is 54.6 Å². The number of nitrogens with zero attached hydrogens (tertiary/aromatic N) is 1. The van der Waals surface area contributed by atoms with E-state index in [0.29, 0.717) is 16.1 Å². The molecule has 0 amide bonds. The van der Waals surface area contributed by atoms with Crippen molar-refractivity contribution < 1.29 is 0 Å². The van der Waals surface area contributed by atoms with Gasteiger partial charge in [0.25, 0.3) is 0 Å². The molecule has 0 bridgehead atoms. The van der Waals surface area contributed by atoms with Crippen LogP contribution in [-0.2, 0) is 0 Å². The van der Waals surface area contributed by atoms with Gasteiger partial charge in [0, 0.05) is 11.6 Å². The van der Waals surface area contributed by atoms with Crippen LogP contribution in [-0.4, -0.2) is 6.04 Å². The SMILES string of the molecule is N#CC(NC1CCCCC1)c1cccc(Cl)c1Cl. The normalized spacial score (nSPS) is 18.3. The Kier molecular flexibility index (Phi) is 4.88. The third-order valence-electron chi connectivity index (χ3n) is 3.43. The molecule has 1 fully saturated rings.